The molecule has 0 aromatic rings. The van der Waals surface area contributed by atoms with Crippen molar-refractivity contribution in [3.63, 3.8) is 0 Å². The molecule has 2 nitrogen and oxygen atoms in total. The van der Waals surface area contributed by atoms with E-state index in [1.165, 1.54) is 64.6 Å². The van der Waals surface area contributed by atoms with Gasteiger partial charge in [0, 0.05) is 19.1 Å². The predicted molar refractivity (Wildman–Crippen MR) is 88.0 cm³/mol. The predicted octanol–water partition coefficient (Wildman–Crippen LogP) is 3.91. The molecule has 0 aromatic carbocycles. The van der Waals surface area contributed by atoms with Crippen LogP contribution >= 0.6 is 0 Å². The van der Waals surface area contributed by atoms with Crippen molar-refractivity contribution < 1.29 is 0 Å². The van der Waals surface area contributed by atoms with E-state index in [0.717, 1.165) is 30.3 Å². The first-order valence-corrected chi connectivity index (χ1v) is 9.22. The first-order chi connectivity index (χ1) is 9.76. The molecule has 2 fully saturated rings. The number of rotatable bonds is 9. The first kappa shape index (κ1) is 16.3. The Labute approximate surface area is 126 Å². The number of hydrogen-bond acceptors (Lipinski definition) is 2. The lowest BCUT2D eigenvalue weighted by Crippen LogP contribution is -2.46. The summed E-state index contributed by atoms with van der Waals surface area (Å²) < 4.78 is 0. The third kappa shape index (κ3) is 5.04. The molecule has 0 saturated heterocycles. The van der Waals surface area contributed by atoms with E-state index in [1.54, 1.807) is 0 Å². The second-order valence-electron chi connectivity index (χ2n) is 7.21. The summed E-state index contributed by atoms with van der Waals surface area (Å²) >= 11 is 0. The summed E-state index contributed by atoms with van der Waals surface area (Å²) in [7, 11) is 0. The van der Waals surface area contributed by atoms with Gasteiger partial charge in [0.15, 0.2) is 0 Å². The molecule has 2 heteroatoms. The van der Waals surface area contributed by atoms with Crippen LogP contribution in [0.3, 0.4) is 0 Å². The summed E-state index contributed by atoms with van der Waals surface area (Å²) in [5.74, 6) is 2.91. The highest BCUT2D eigenvalue weighted by molar-refractivity contribution is 4.87. The lowest BCUT2D eigenvalue weighted by molar-refractivity contribution is 0.135. The molecule has 2 aliphatic carbocycles. The molecule has 0 bridgehead atoms. The Bertz CT molecular complexity index is 262. The van der Waals surface area contributed by atoms with Gasteiger partial charge in [-0.25, -0.2) is 0 Å². The highest BCUT2D eigenvalue weighted by Crippen LogP contribution is 2.34. The minimum atomic E-state index is 0.779. The highest BCUT2D eigenvalue weighted by Gasteiger charge is 2.32. The summed E-state index contributed by atoms with van der Waals surface area (Å²) in [6.45, 7) is 12.1. The number of nitrogens with one attached hydrogen (secondary N) is 1. The van der Waals surface area contributed by atoms with Crippen LogP contribution in [-0.4, -0.2) is 37.1 Å². The Morgan fingerprint density at radius 2 is 1.70 bits per heavy atom. The second-order valence-corrected chi connectivity index (χ2v) is 7.21. The van der Waals surface area contributed by atoms with Crippen LogP contribution in [0.4, 0.5) is 0 Å². The minimum absolute atomic E-state index is 0.779. The van der Waals surface area contributed by atoms with Gasteiger partial charge in [-0.1, -0.05) is 27.2 Å². The van der Waals surface area contributed by atoms with Crippen LogP contribution in [-0.2, 0) is 0 Å². The Hall–Kier alpha value is -0.0800. The van der Waals surface area contributed by atoms with Crippen molar-refractivity contribution in [1.29, 1.82) is 0 Å². The number of hydrogen-bond donors (Lipinski definition) is 1. The Balaban J connectivity index is 1.88. The van der Waals surface area contributed by atoms with E-state index in [0.29, 0.717) is 0 Å². The van der Waals surface area contributed by atoms with E-state index in [4.69, 9.17) is 0 Å². The molecule has 3 atom stereocenters. The zero-order valence-electron chi connectivity index (χ0n) is 14.0. The number of nitrogens with zero attached hydrogens (tertiary/aromatic N) is 1. The van der Waals surface area contributed by atoms with Crippen LogP contribution in [0, 0.1) is 17.8 Å². The van der Waals surface area contributed by atoms with Crippen LogP contribution in [0.2, 0.25) is 0 Å². The van der Waals surface area contributed by atoms with Gasteiger partial charge in [-0.05, 0) is 69.4 Å². The topological polar surface area (TPSA) is 15.3 Å². The zero-order valence-corrected chi connectivity index (χ0v) is 14.0. The normalized spacial score (nSPS) is 30.9. The van der Waals surface area contributed by atoms with E-state index in [9.17, 15) is 0 Å². The van der Waals surface area contributed by atoms with Crippen LogP contribution in [0.15, 0.2) is 0 Å². The fraction of sp³-hybridized carbons (Fsp3) is 1.00. The Morgan fingerprint density at radius 1 is 0.950 bits per heavy atom. The average molecular weight is 280 g/mol. The molecule has 0 aliphatic heterocycles. The van der Waals surface area contributed by atoms with Crippen molar-refractivity contribution in [2.75, 3.05) is 26.2 Å². The first-order valence-electron chi connectivity index (χ1n) is 9.22. The summed E-state index contributed by atoms with van der Waals surface area (Å²) in [5, 5.41) is 3.77. The van der Waals surface area contributed by atoms with Gasteiger partial charge in [0.25, 0.3) is 0 Å². The van der Waals surface area contributed by atoms with Crippen molar-refractivity contribution in [2.45, 2.75) is 71.8 Å². The van der Waals surface area contributed by atoms with E-state index >= 15 is 0 Å². The zero-order chi connectivity index (χ0) is 14.4. The van der Waals surface area contributed by atoms with Crippen molar-refractivity contribution in [3.05, 3.63) is 0 Å². The van der Waals surface area contributed by atoms with Crippen molar-refractivity contribution in [3.8, 4) is 0 Å². The van der Waals surface area contributed by atoms with Gasteiger partial charge in [0.1, 0.15) is 0 Å². The lowest BCUT2D eigenvalue weighted by Gasteiger charge is -2.39. The van der Waals surface area contributed by atoms with Gasteiger partial charge < -0.3 is 10.2 Å². The van der Waals surface area contributed by atoms with Crippen LogP contribution in [0.1, 0.15) is 65.7 Å². The Morgan fingerprint density at radius 3 is 2.30 bits per heavy atom. The molecule has 2 saturated carbocycles. The fourth-order valence-electron chi connectivity index (χ4n) is 4.04. The van der Waals surface area contributed by atoms with Gasteiger partial charge in [0.2, 0.25) is 0 Å². The monoisotopic (exact) mass is 280 g/mol. The van der Waals surface area contributed by atoms with Crippen LogP contribution < -0.4 is 5.32 Å². The molecule has 2 aliphatic rings. The summed E-state index contributed by atoms with van der Waals surface area (Å²) in [6, 6.07) is 0.779. The molecule has 1 N–H and O–H groups in total. The summed E-state index contributed by atoms with van der Waals surface area (Å²) in [6.07, 6.45) is 9.97. The molecule has 118 valence electrons. The summed E-state index contributed by atoms with van der Waals surface area (Å²) in [4.78, 5) is 2.78. The average Bonchev–Trinajstić information content (AvgIpc) is 3.25. The molecule has 0 amide bonds. The molecular formula is C18H36N2. The highest BCUT2D eigenvalue weighted by atomic mass is 15.1. The summed E-state index contributed by atoms with van der Waals surface area (Å²) in [5.41, 5.74) is 0. The van der Waals surface area contributed by atoms with E-state index < -0.39 is 0 Å². The standard InChI is InChI=1S/C18H36N2/c1-4-11-20(13-16-7-8-16)14-17-12-15(5-2)9-10-18(17)19-6-3/h15-19H,4-14H2,1-3H3. The molecule has 3 unspecified atom stereocenters. The largest absolute Gasteiger partial charge is 0.314 e. The smallest absolute Gasteiger partial charge is 0.0108 e. The maximum absolute atomic E-state index is 3.77. The molecule has 0 spiro atoms. The maximum atomic E-state index is 3.77. The van der Waals surface area contributed by atoms with Gasteiger partial charge in [-0.2, -0.15) is 0 Å². The second kappa shape index (κ2) is 8.38. The quantitative estimate of drug-likeness (QED) is 0.689. The van der Waals surface area contributed by atoms with Crippen LogP contribution in [0.25, 0.3) is 0 Å². The van der Waals surface area contributed by atoms with Crippen LogP contribution in [0.5, 0.6) is 0 Å². The van der Waals surface area contributed by atoms with Crippen molar-refractivity contribution in [2.24, 2.45) is 17.8 Å². The molecule has 20 heavy (non-hydrogen) atoms. The molecule has 0 aromatic heterocycles. The molecule has 0 radical (unpaired) electrons. The minimum Gasteiger partial charge on any atom is -0.314 e. The van der Waals surface area contributed by atoms with E-state index in [-0.39, 0.29) is 0 Å². The van der Waals surface area contributed by atoms with Crippen molar-refractivity contribution >= 4 is 0 Å². The fourth-order valence-corrected chi connectivity index (χ4v) is 4.04. The van der Waals surface area contributed by atoms with Gasteiger partial charge in [-0.3, -0.25) is 0 Å². The molecule has 2 rings (SSSR count). The van der Waals surface area contributed by atoms with Gasteiger partial charge in [0.05, 0.1) is 0 Å². The Kier molecular flexibility index (Phi) is 6.83. The SMILES string of the molecule is CCCN(CC1CC1)CC1CC(CC)CCC1NCC. The molecular weight excluding hydrogens is 244 g/mol. The van der Waals surface area contributed by atoms with Gasteiger partial charge >= 0.3 is 0 Å². The van der Waals surface area contributed by atoms with E-state index in [1.807, 2.05) is 0 Å². The van der Waals surface area contributed by atoms with Gasteiger partial charge in [-0.15, -0.1) is 0 Å². The third-order valence-corrected chi connectivity index (χ3v) is 5.38. The lowest BCUT2D eigenvalue weighted by atomic mass is 9.76. The maximum Gasteiger partial charge on any atom is 0.0108 e. The van der Waals surface area contributed by atoms with Crippen molar-refractivity contribution in [1.82, 2.24) is 10.2 Å². The third-order valence-electron chi connectivity index (χ3n) is 5.38. The molecule has 0 heterocycles. The van der Waals surface area contributed by atoms with E-state index in [2.05, 4.69) is 31.0 Å².